The van der Waals surface area contributed by atoms with Gasteiger partial charge in [-0.2, -0.15) is 0 Å². The van der Waals surface area contributed by atoms with Gasteiger partial charge < -0.3 is 15.2 Å². The average molecular weight is 306 g/mol. The van der Waals surface area contributed by atoms with Gasteiger partial charge in [0, 0.05) is 6.54 Å². The van der Waals surface area contributed by atoms with Crippen molar-refractivity contribution < 1.29 is 19.4 Å². The molecule has 1 amide bonds. The van der Waals surface area contributed by atoms with E-state index < -0.39 is 5.97 Å². The summed E-state index contributed by atoms with van der Waals surface area (Å²) in [6.07, 6.45) is 0. The molecular formula is C14H14N2O4S. The van der Waals surface area contributed by atoms with Gasteiger partial charge in [0.15, 0.2) is 0 Å². The number of carboxylic acid groups (broad SMARTS) is 1. The minimum atomic E-state index is -1.07. The van der Waals surface area contributed by atoms with Gasteiger partial charge in [0.25, 0.3) is 5.91 Å². The van der Waals surface area contributed by atoms with Gasteiger partial charge in [-0.25, -0.2) is 9.78 Å². The Hall–Kier alpha value is -2.41. The van der Waals surface area contributed by atoms with Crippen molar-refractivity contribution in [3.05, 3.63) is 45.4 Å². The number of aryl methyl sites for hydroxylation is 1. The molecule has 2 rings (SSSR count). The highest BCUT2D eigenvalue weighted by Crippen LogP contribution is 2.20. The summed E-state index contributed by atoms with van der Waals surface area (Å²) >= 11 is 1.27. The van der Waals surface area contributed by atoms with Gasteiger partial charge in [0.05, 0.1) is 18.3 Å². The van der Waals surface area contributed by atoms with Crippen LogP contribution in [0.2, 0.25) is 0 Å². The van der Waals surface area contributed by atoms with Gasteiger partial charge in [0.2, 0.25) is 0 Å². The van der Waals surface area contributed by atoms with E-state index in [1.807, 2.05) is 0 Å². The zero-order valence-electron chi connectivity index (χ0n) is 11.5. The number of amides is 1. The molecule has 0 unspecified atom stereocenters. The normalized spacial score (nSPS) is 10.2. The van der Waals surface area contributed by atoms with Crippen LogP contribution < -0.4 is 10.1 Å². The van der Waals surface area contributed by atoms with Crippen LogP contribution in [0.3, 0.4) is 0 Å². The number of carboxylic acids is 1. The first-order chi connectivity index (χ1) is 10.0. The Morgan fingerprint density at radius 1 is 1.43 bits per heavy atom. The van der Waals surface area contributed by atoms with E-state index in [9.17, 15) is 9.59 Å². The summed E-state index contributed by atoms with van der Waals surface area (Å²) in [5, 5.41) is 11.9. The fraction of sp³-hybridized carbons (Fsp3) is 0.214. The SMILES string of the molecule is COc1ccc(CNC(=O)c2scnc2C)cc1C(=O)O. The molecule has 0 atom stereocenters. The van der Waals surface area contributed by atoms with Crippen LogP contribution in [0.1, 0.15) is 31.3 Å². The van der Waals surface area contributed by atoms with Crippen molar-refractivity contribution in [2.75, 3.05) is 7.11 Å². The molecule has 0 aliphatic carbocycles. The maximum atomic E-state index is 12.0. The van der Waals surface area contributed by atoms with E-state index in [-0.39, 0.29) is 23.8 Å². The molecule has 1 aromatic carbocycles. The molecule has 110 valence electrons. The number of ether oxygens (including phenoxy) is 1. The maximum Gasteiger partial charge on any atom is 0.339 e. The fourth-order valence-electron chi connectivity index (χ4n) is 1.81. The number of thiazole rings is 1. The number of nitrogens with one attached hydrogen (secondary N) is 1. The molecule has 0 fully saturated rings. The van der Waals surface area contributed by atoms with Crippen molar-refractivity contribution >= 4 is 23.2 Å². The second-order valence-corrected chi connectivity index (χ2v) is 5.14. The standard InChI is InChI=1S/C14H14N2O4S/c1-8-12(21-7-16-8)13(17)15-6-9-3-4-11(20-2)10(5-9)14(18)19/h3-5,7H,6H2,1-2H3,(H,15,17)(H,18,19). The van der Waals surface area contributed by atoms with E-state index >= 15 is 0 Å². The van der Waals surface area contributed by atoms with Crippen molar-refractivity contribution in [1.29, 1.82) is 0 Å². The lowest BCUT2D eigenvalue weighted by atomic mass is 10.1. The first-order valence-corrected chi connectivity index (χ1v) is 6.99. The van der Waals surface area contributed by atoms with Gasteiger partial charge in [-0.1, -0.05) is 6.07 Å². The van der Waals surface area contributed by atoms with Crippen molar-refractivity contribution in [1.82, 2.24) is 10.3 Å². The van der Waals surface area contributed by atoms with Crippen molar-refractivity contribution in [2.24, 2.45) is 0 Å². The molecular weight excluding hydrogens is 292 g/mol. The number of aromatic nitrogens is 1. The molecule has 21 heavy (non-hydrogen) atoms. The Bertz CT molecular complexity index is 681. The van der Waals surface area contributed by atoms with E-state index in [2.05, 4.69) is 10.3 Å². The van der Waals surface area contributed by atoms with Crippen LogP contribution in [0.25, 0.3) is 0 Å². The Labute approximate surface area is 125 Å². The molecule has 0 saturated carbocycles. The highest BCUT2D eigenvalue weighted by atomic mass is 32.1. The smallest absolute Gasteiger partial charge is 0.339 e. The highest BCUT2D eigenvalue weighted by Gasteiger charge is 2.14. The molecule has 0 saturated heterocycles. The van der Waals surface area contributed by atoms with Crippen LogP contribution in [0.5, 0.6) is 5.75 Å². The summed E-state index contributed by atoms with van der Waals surface area (Å²) in [7, 11) is 1.41. The minimum Gasteiger partial charge on any atom is -0.496 e. The number of hydrogen-bond donors (Lipinski definition) is 2. The largest absolute Gasteiger partial charge is 0.496 e. The van der Waals surface area contributed by atoms with Crippen LogP contribution in [-0.4, -0.2) is 29.1 Å². The quantitative estimate of drug-likeness (QED) is 0.883. The number of hydrogen-bond acceptors (Lipinski definition) is 5. The van der Waals surface area contributed by atoms with Gasteiger partial charge in [-0.3, -0.25) is 4.79 Å². The number of carbonyl (C=O) groups is 2. The molecule has 1 heterocycles. The maximum absolute atomic E-state index is 12.0. The summed E-state index contributed by atoms with van der Waals surface area (Å²) in [5.74, 6) is -1.00. The average Bonchev–Trinajstić information content (AvgIpc) is 2.90. The molecule has 0 aliphatic rings. The monoisotopic (exact) mass is 306 g/mol. The Kier molecular flexibility index (Phi) is 4.54. The third-order valence-electron chi connectivity index (χ3n) is 2.90. The Balaban J connectivity index is 2.10. The van der Waals surface area contributed by atoms with Crippen LogP contribution in [-0.2, 0) is 6.54 Å². The Morgan fingerprint density at radius 3 is 2.76 bits per heavy atom. The summed E-state index contributed by atoms with van der Waals surface area (Å²) in [6, 6.07) is 4.77. The highest BCUT2D eigenvalue weighted by molar-refractivity contribution is 7.11. The number of methoxy groups -OCH3 is 1. The topological polar surface area (TPSA) is 88.5 Å². The summed E-state index contributed by atoms with van der Waals surface area (Å²) < 4.78 is 4.99. The second kappa shape index (κ2) is 6.36. The lowest BCUT2D eigenvalue weighted by Crippen LogP contribution is -2.22. The molecule has 1 aromatic heterocycles. The molecule has 7 heteroatoms. The van der Waals surface area contributed by atoms with Gasteiger partial charge in [-0.05, 0) is 24.6 Å². The van der Waals surface area contributed by atoms with Crippen LogP contribution in [0, 0.1) is 6.92 Å². The molecule has 0 bridgehead atoms. The van der Waals surface area contributed by atoms with E-state index in [1.54, 1.807) is 24.6 Å². The van der Waals surface area contributed by atoms with Crippen molar-refractivity contribution in [3.63, 3.8) is 0 Å². The van der Waals surface area contributed by atoms with E-state index in [0.29, 0.717) is 16.1 Å². The molecule has 2 N–H and O–H groups in total. The van der Waals surface area contributed by atoms with Crippen LogP contribution in [0.15, 0.2) is 23.7 Å². The second-order valence-electron chi connectivity index (χ2n) is 4.29. The molecule has 0 radical (unpaired) electrons. The van der Waals surface area contributed by atoms with Gasteiger partial charge in [-0.15, -0.1) is 11.3 Å². The molecule has 6 nitrogen and oxygen atoms in total. The van der Waals surface area contributed by atoms with E-state index in [1.165, 1.54) is 24.5 Å². The summed E-state index contributed by atoms with van der Waals surface area (Å²) in [5.41, 5.74) is 3.04. The summed E-state index contributed by atoms with van der Waals surface area (Å²) in [6.45, 7) is 2.00. The zero-order valence-corrected chi connectivity index (χ0v) is 12.4. The first-order valence-electron chi connectivity index (χ1n) is 6.11. The number of nitrogens with zero attached hydrogens (tertiary/aromatic N) is 1. The molecule has 0 aliphatic heterocycles. The summed E-state index contributed by atoms with van der Waals surface area (Å²) in [4.78, 5) is 27.7. The van der Waals surface area contributed by atoms with Crippen LogP contribution in [0.4, 0.5) is 0 Å². The predicted octanol–water partition coefficient (Wildman–Crippen LogP) is 2.09. The van der Waals surface area contributed by atoms with Gasteiger partial charge >= 0.3 is 5.97 Å². The van der Waals surface area contributed by atoms with Gasteiger partial charge in [0.1, 0.15) is 16.2 Å². The minimum absolute atomic E-state index is 0.0678. The number of benzene rings is 1. The zero-order chi connectivity index (χ0) is 15.4. The first kappa shape index (κ1) is 15.0. The lowest BCUT2D eigenvalue weighted by Gasteiger charge is -2.08. The fourth-order valence-corrected chi connectivity index (χ4v) is 2.53. The Morgan fingerprint density at radius 2 is 2.19 bits per heavy atom. The van der Waals surface area contributed by atoms with Crippen molar-refractivity contribution in [2.45, 2.75) is 13.5 Å². The predicted molar refractivity (Wildman–Crippen MR) is 78.0 cm³/mol. The molecule has 0 spiro atoms. The third kappa shape index (κ3) is 3.38. The number of carbonyl (C=O) groups excluding carboxylic acids is 1. The number of rotatable bonds is 5. The number of aromatic carboxylic acids is 1. The van der Waals surface area contributed by atoms with Crippen LogP contribution >= 0.6 is 11.3 Å². The lowest BCUT2D eigenvalue weighted by molar-refractivity contribution is 0.0693. The van der Waals surface area contributed by atoms with E-state index in [0.717, 1.165) is 0 Å². The molecule has 2 aromatic rings. The van der Waals surface area contributed by atoms with Crippen molar-refractivity contribution in [3.8, 4) is 5.75 Å². The van der Waals surface area contributed by atoms with E-state index in [4.69, 9.17) is 9.84 Å². The third-order valence-corrected chi connectivity index (χ3v) is 3.83.